The van der Waals surface area contributed by atoms with E-state index in [0.29, 0.717) is 0 Å². The predicted octanol–water partition coefficient (Wildman–Crippen LogP) is 6.92. The van der Waals surface area contributed by atoms with Crippen molar-refractivity contribution in [2.45, 2.75) is 87.9 Å². The Labute approximate surface area is 140 Å². The van der Waals surface area contributed by atoms with Crippen molar-refractivity contribution in [1.82, 2.24) is 0 Å². The smallest absolute Gasteiger partial charge is 0.0140 e. The zero-order valence-corrected chi connectivity index (χ0v) is 15.5. The fourth-order valence-corrected chi connectivity index (χ4v) is 5.66. The van der Waals surface area contributed by atoms with Crippen LogP contribution in [0.15, 0.2) is 12.2 Å². The molecule has 0 bridgehead atoms. The predicted molar refractivity (Wildman–Crippen MR) is 98.5 cm³/mol. The van der Waals surface area contributed by atoms with Crippen LogP contribution >= 0.6 is 22.6 Å². The van der Waals surface area contributed by atoms with Gasteiger partial charge in [0.2, 0.25) is 0 Å². The first-order valence-electron chi connectivity index (χ1n) is 9.04. The van der Waals surface area contributed by atoms with Crippen LogP contribution in [0.3, 0.4) is 0 Å². The average Bonchev–Trinajstić information content (AvgIpc) is 3.11. The molecule has 0 radical (unpaired) electrons. The van der Waals surface area contributed by atoms with Gasteiger partial charge in [-0.25, -0.2) is 0 Å². The lowest BCUT2D eigenvalue weighted by atomic mass is 9.93. The van der Waals surface area contributed by atoms with E-state index in [9.17, 15) is 0 Å². The highest BCUT2D eigenvalue weighted by Crippen LogP contribution is 2.35. The summed E-state index contributed by atoms with van der Waals surface area (Å²) in [6.45, 7) is 2.45. The molecule has 2 atom stereocenters. The van der Waals surface area contributed by atoms with Gasteiger partial charge >= 0.3 is 0 Å². The summed E-state index contributed by atoms with van der Waals surface area (Å²) in [5.41, 5.74) is 0. The van der Waals surface area contributed by atoms with Gasteiger partial charge in [0, 0.05) is 3.92 Å². The minimum atomic E-state index is 0.875. The summed E-state index contributed by atoms with van der Waals surface area (Å²) < 4.78 is 0.928. The van der Waals surface area contributed by atoms with Crippen LogP contribution in [0.5, 0.6) is 0 Å². The summed E-state index contributed by atoms with van der Waals surface area (Å²) >= 11 is 2.73. The molecule has 1 heteroatoms. The lowest BCUT2D eigenvalue weighted by Gasteiger charge is -2.20. The maximum absolute atomic E-state index is 2.73. The zero-order chi connectivity index (χ0) is 14.2. The second-order valence-corrected chi connectivity index (χ2v) is 8.94. The molecular weight excluding hydrogens is 355 g/mol. The molecule has 0 aromatic heterocycles. The summed E-state index contributed by atoms with van der Waals surface area (Å²) in [6.07, 6.45) is 22.4. The van der Waals surface area contributed by atoms with E-state index in [-0.39, 0.29) is 0 Å². The molecule has 0 aromatic rings. The first-order valence-corrected chi connectivity index (χ1v) is 10.3. The van der Waals surface area contributed by atoms with E-state index in [0.717, 1.165) is 21.7 Å². The van der Waals surface area contributed by atoms with E-state index >= 15 is 0 Å². The number of rotatable bonds is 8. The molecule has 0 aromatic carbocycles. The first-order chi connectivity index (χ1) is 9.75. The molecule has 0 nitrogen and oxygen atoms in total. The molecule has 0 heterocycles. The Kier molecular flexibility index (Phi) is 7.98. The van der Waals surface area contributed by atoms with Crippen molar-refractivity contribution >= 4 is 22.6 Å². The van der Waals surface area contributed by atoms with E-state index in [4.69, 9.17) is 0 Å². The van der Waals surface area contributed by atoms with E-state index in [1.54, 1.807) is 0 Å². The van der Waals surface area contributed by atoms with Crippen LogP contribution in [0.2, 0.25) is 0 Å². The van der Waals surface area contributed by atoms with Gasteiger partial charge in [0.05, 0.1) is 0 Å². The quantitative estimate of drug-likeness (QED) is 0.240. The third kappa shape index (κ3) is 6.07. The summed E-state index contributed by atoms with van der Waals surface area (Å²) in [7, 11) is 0. The van der Waals surface area contributed by atoms with Crippen LogP contribution in [-0.2, 0) is 0 Å². The van der Waals surface area contributed by atoms with E-state index in [1.165, 1.54) is 77.0 Å². The summed E-state index contributed by atoms with van der Waals surface area (Å²) in [6, 6.07) is 0. The van der Waals surface area contributed by atoms with Gasteiger partial charge < -0.3 is 0 Å². The molecule has 0 spiro atoms. The fourth-order valence-electron chi connectivity index (χ4n) is 4.07. The van der Waals surface area contributed by atoms with Gasteiger partial charge in [-0.1, -0.05) is 80.2 Å². The average molecular weight is 388 g/mol. The monoisotopic (exact) mass is 388 g/mol. The maximum atomic E-state index is 2.73. The molecule has 2 fully saturated rings. The molecule has 0 N–H and O–H groups in total. The van der Waals surface area contributed by atoms with Gasteiger partial charge in [-0.3, -0.25) is 0 Å². The molecule has 20 heavy (non-hydrogen) atoms. The zero-order valence-electron chi connectivity index (χ0n) is 13.3. The van der Waals surface area contributed by atoms with Crippen molar-refractivity contribution in [3.63, 3.8) is 0 Å². The van der Waals surface area contributed by atoms with Crippen LogP contribution in [0.25, 0.3) is 0 Å². The topological polar surface area (TPSA) is 0 Å². The van der Waals surface area contributed by atoms with Gasteiger partial charge in [-0.15, -0.1) is 0 Å². The van der Waals surface area contributed by atoms with Crippen molar-refractivity contribution in [3.05, 3.63) is 12.2 Å². The molecule has 0 aliphatic heterocycles. The number of halogens is 1. The van der Waals surface area contributed by atoms with Crippen LogP contribution in [0.1, 0.15) is 84.0 Å². The van der Waals surface area contributed by atoms with Crippen molar-refractivity contribution < 1.29 is 0 Å². The largest absolute Gasteiger partial charge is 0.0885 e. The molecule has 2 saturated carbocycles. The highest BCUT2D eigenvalue weighted by atomic mass is 127. The van der Waals surface area contributed by atoms with Crippen molar-refractivity contribution in [3.8, 4) is 0 Å². The molecule has 2 rings (SSSR count). The molecule has 0 saturated heterocycles. The van der Waals surface area contributed by atoms with E-state index in [2.05, 4.69) is 41.7 Å². The highest BCUT2D eigenvalue weighted by Gasteiger charge is 2.23. The molecule has 0 amide bonds. The Balaban J connectivity index is 1.53. The van der Waals surface area contributed by atoms with Crippen molar-refractivity contribution in [1.29, 1.82) is 0 Å². The second kappa shape index (κ2) is 9.48. The number of allylic oxidation sites excluding steroid dienone is 2. The van der Waals surface area contributed by atoms with Crippen LogP contribution in [-0.4, -0.2) is 3.92 Å². The summed E-state index contributed by atoms with van der Waals surface area (Å²) in [4.78, 5) is 0. The summed E-state index contributed by atoms with van der Waals surface area (Å²) in [5.74, 6) is 2.96. The van der Waals surface area contributed by atoms with E-state index in [1.807, 2.05) is 0 Å². The Morgan fingerprint density at radius 1 is 1.00 bits per heavy atom. The maximum Gasteiger partial charge on any atom is 0.0140 e. The van der Waals surface area contributed by atoms with Crippen molar-refractivity contribution in [2.24, 2.45) is 17.8 Å². The van der Waals surface area contributed by atoms with Crippen LogP contribution in [0.4, 0.5) is 0 Å². The van der Waals surface area contributed by atoms with Gasteiger partial charge in [0.1, 0.15) is 0 Å². The Bertz CT molecular complexity index is 271. The van der Waals surface area contributed by atoms with E-state index < -0.39 is 0 Å². The molecule has 116 valence electrons. The van der Waals surface area contributed by atoms with Crippen molar-refractivity contribution in [2.75, 3.05) is 0 Å². The molecular formula is C19H33I. The minimum absolute atomic E-state index is 0.875. The van der Waals surface area contributed by atoms with Gasteiger partial charge in [-0.2, -0.15) is 0 Å². The Morgan fingerprint density at radius 3 is 2.35 bits per heavy atom. The normalized spacial score (nSPS) is 24.7. The highest BCUT2D eigenvalue weighted by molar-refractivity contribution is 14.1. The number of hydrogen-bond donors (Lipinski definition) is 0. The number of alkyl halides is 1. The second-order valence-electron chi connectivity index (χ2n) is 7.34. The molecule has 2 unspecified atom stereocenters. The molecule has 2 aliphatic carbocycles. The van der Waals surface area contributed by atoms with Gasteiger partial charge in [0.15, 0.2) is 0 Å². The minimum Gasteiger partial charge on any atom is -0.0885 e. The summed E-state index contributed by atoms with van der Waals surface area (Å²) in [5, 5.41) is 0. The standard InChI is InChI=1S/C19H33I/c1-16(15-19(20)18-13-7-8-14-18)9-3-2-4-10-17-11-5-6-12-17/h2-3,16-19H,4-15H2,1H3/b3-2-. The molecule has 2 aliphatic rings. The van der Waals surface area contributed by atoms with Gasteiger partial charge in [-0.05, 0) is 56.3 Å². The number of hydrogen-bond acceptors (Lipinski definition) is 0. The first kappa shape index (κ1) is 16.8. The fraction of sp³-hybridized carbons (Fsp3) is 0.895. The Morgan fingerprint density at radius 2 is 1.65 bits per heavy atom. The third-order valence-electron chi connectivity index (χ3n) is 5.46. The van der Waals surface area contributed by atoms with Crippen LogP contribution < -0.4 is 0 Å². The van der Waals surface area contributed by atoms with Gasteiger partial charge in [0.25, 0.3) is 0 Å². The lowest BCUT2D eigenvalue weighted by molar-refractivity contribution is 0.442. The third-order valence-corrected chi connectivity index (χ3v) is 6.99. The SMILES string of the molecule is CC(C/C=C\CCC1CCCC1)CC(I)C1CCCC1. The Hall–Kier alpha value is 0.470. The lowest BCUT2D eigenvalue weighted by Crippen LogP contribution is -2.14. The van der Waals surface area contributed by atoms with Crippen LogP contribution in [0, 0.1) is 17.8 Å².